The van der Waals surface area contributed by atoms with Gasteiger partial charge in [0, 0.05) is 24.4 Å². The first kappa shape index (κ1) is 22.1. The van der Waals surface area contributed by atoms with Crippen LogP contribution < -0.4 is 0 Å². The molecule has 170 valence electrons. The molecule has 5 rings (SSSR count). The Morgan fingerprint density at radius 1 is 0.765 bits per heavy atom. The van der Waals surface area contributed by atoms with E-state index in [9.17, 15) is 5.11 Å². The Bertz CT molecular complexity index is 1180. The highest BCUT2D eigenvalue weighted by Crippen LogP contribution is 2.44. The molecular weight excluding hydrogens is 416 g/mol. The molecule has 4 aromatic rings. The maximum Gasteiger partial charge on any atom is 0.126 e. The molecule has 3 heteroatoms. The van der Waals surface area contributed by atoms with E-state index < -0.39 is 5.54 Å². The van der Waals surface area contributed by atoms with Crippen LogP contribution in [0.25, 0.3) is 0 Å². The molecule has 1 heterocycles. The topological polar surface area (TPSA) is 35.8 Å². The van der Waals surface area contributed by atoms with Crippen LogP contribution in [0, 0.1) is 0 Å². The summed E-state index contributed by atoms with van der Waals surface area (Å²) >= 11 is 0. The summed E-state index contributed by atoms with van der Waals surface area (Å²) in [6.45, 7) is 1.92. The zero-order valence-electron chi connectivity index (χ0n) is 19.3. The van der Waals surface area contributed by atoms with Crippen molar-refractivity contribution in [2.45, 2.75) is 31.0 Å². The molecule has 1 aliphatic heterocycles. The van der Waals surface area contributed by atoms with Crippen LogP contribution in [-0.2, 0) is 12.1 Å². The summed E-state index contributed by atoms with van der Waals surface area (Å²) in [5.41, 5.74) is 3.77. The van der Waals surface area contributed by atoms with Crippen molar-refractivity contribution in [3.63, 3.8) is 0 Å². The minimum absolute atomic E-state index is 0.180. The van der Waals surface area contributed by atoms with E-state index in [1.54, 1.807) is 6.07 Å². The third-order valence-electron chi connectivity index (χ3n) is 6.85. The second-order valence-electron chi connectivity index (χ2n) is 8.93. The molecule has 0 unspecified atom stereocenters. The lowest BCUT2D eigenvalue weighted by Gasteiger charge is -2.41. The number of phenolic OH excluding ortho intramolecular Hbond substituents is 1. The average molecular weight is 447 g/mol. The zero-order valence-corrected chi connectivity index (χ0v) is 19.3. The van der Waals surface area contributed by atoms with Gasteiger partial charge in [0.1, 0.15) is 11.3 Å². The fraction of sp³-hybridized carbons (Fsp3) is 0.194. The largest absolute Gasteiger partial charge is 0.507 e. The SMILES string of the molecule is Oc1ccccc1C=NC(c1ccccc1)(c1ccccc1)[C@@H]1CCCN1Cc1ccccc1. The summed E-state index contributed by atoms with van der Waals surface area (Å²) in [5.74, 6) is 0.244. The third-order valence-corrected chi connectivity index (χ3v) is 6.85. The van der Waals surface area contributed by atoms with Crippen LogP contribution >= 0.6 is 0 Å². The molecular formula is C31H30N2O. The number of rotatable bonds is 7. The summed E-state index contributed by atoms with van der Waals surface area (Å²) in [7, 11) is 0. The Hall–Kier alpha value is -3.69. The molecule has 0 aliphatic carbocycles. The molecule has 4 aromatic carbocycles. The summed E-state index contributed by atoms with van der Waals surface area (Å²) in [4.78, 5) is 7.95. The molecule has 1 aliphatic rings. The van der Waals surface area contributed by atoms with Gasteiger partial charge in [0.15, 0.2) is 0 Å². The average Bonchev–Trinajstić information content (AvgIpc) is 3.36. The first-order valence-electron chi connectivity index (χ1n) is 12.0. The molecule has 0 bridgehead atoms. The van der Waals surface area contributed by atoms with Gasteiger partial charge in [0.25, 0.3) is 0 Å². The summed E-state index contributed by atoms with van der Waals surface area (Å²) in [6.07, 6.45) is 4.04. The Balaban J connectivity index is 1.67. The van der Waals surface area contributed by atoms with Gasteiger partial charge in [0.2, 0.25) is 0 Å². The van der Waals surface area contributed by atoms with Crippen LogP contribution in [0.3, 0.4) is 0 Å². The van der Waals surface area contributed by atoms with Gasteiger partial charge in [-0.05, 0) is 48.2 Å². The molecule has 34 heavy (non-hydrogen) atoms. The second kappa shape index (κ2) is 10.1. The quantitative estimate of drug-likeness (QED) is 0.333. The number of hydrogen-bond donors (Lipinski definition) is 1. The van der Waals surface area contributed by atoms with Crippen molar-refractivity contribution in [1.82, 2.24) is 4.90 Å². The number of para-hydroxylation sites is 1. The standard InChI is InChI=1S/C31H30N2O/c34-29-20-11-10-15-26(29)23-32-31(27-16-6-2-7-17-27,28-18-8-3-9-19-28)30-21-12-22-33(30)24-25-13-4-1-5-14-25/h1-11,13-20,23,30,34H,12,21-22,24H2/t30-/m0/s1. The smallest absolute Gasteiger partial charge is 0.126 e. The maximum absolute atomic E-state index is 10.5. The molecule has 1 saturated heterocycles. The third kappa shape index (κ3) is 4.40. The normalized spacial score (nSPS) is 16.8. The Morgan fingerprint density at radius 3 is 1.94 bits per heavy atom. The predicted molar refractivity (Wildman–Crippen MR) is 139 cm³/mol. The minimum atomic E-state index is -0.601. The lowest BCUT2D eigenvalue weighted by Crippen LogP contribution is -2.47. The van der Waals surface area contributed by atoms with Crippen molar-refractivity contribution in [3.8, 4) is 5.75 Å². The van der Waals surface area contributed by atoms with Gasteiger partial charge in [0.05, 0.1) is 0 Å². The molecule has 0 radical (unpaired) electrons. The zero-order chi connectivity index (χ0) is 23.2. The van der Waals surface area contributed by atoms with Gasteiger partial charge in [-0.2, -0.15) is 0 Å². The number of aromatic hydroxyl groups is 1. The van der Waals surface area contributed by atoms with Crippen LogP contribution in [0.2, 0.25) is 0 Å². The molecule has 0 amide bonds. The molecule has 0 spiro atoms. The Morgan fingerprint density at radius 2 is 1.32 bits per heavy atom. The van der Waals surface area contributed by atoms with E-state index in [-0.39, 0.29) is 11.8 Å². The molecule has 1 N–H and O–H groups in total. The highest BCUT2D eigenvalue weighted by Gasteiger charge is 2.46. The maximum atomic E-state index is 10.5. The number of phenols is 1. The van der Waals surface area contributed by atoms with Gasteiger partial charge in [-0.1, -0.05) is 103 Å². The van der Waals surface area contributed by atoms with Crippen molar-refractivity contribution < 1.29 is 5.11 Å². The summed E-state index contributed by atoms with van der Waals surface area (Å²) in [6, 6.07) is 39.5. The van der Waals surface area contributed by atoms with E-state index in [0.717, 1.165) is 42.6 Å². The highest BCUT2D eigenvalue weighted by atomic mass is 16.3. The number of aliphatic imine (C=N–C) groups is 1. The molecule has 0 saturated carbocycles. The highest BCUT2D eigenvalue weighted by molar-refractivity contribution is 5.84. The van der Waals surface area contributed by atoms with Gasteiger partial charge in [-0.15, -0.1) is 0 Å². The van der Waals surface area contributed by atoms with E-state index in [4.69, 9.17) is 4.99 Å². The van der Waals surface area contributed by atoms with Crippen LogP contribution in [0.1, 0.15) is 35.1 Å². The van der Waals surface area contributed by atoms with Crippen molar-refractivity contribution in [2.75, 3.05) is 6.54 Å². The van der Waals surface area contributed by atoms with Crippen LogP contribution in [0.15, 0.2) is 120 Å². The number of benzene rings is 4. The van der Waals surface area contributed by atoms with Gasteiger partial charge >= 0.3 is 0 Å². The summed E-state index contributed by atoms with van der Waals surface area (Å²) < 4.78 is 0. The first-order valence-corrected chi connectivity index (χ1v) is 12.0. The van der Waals surface area contributed by atoms with Gasteiger partial charge < -0.3 is 5.11 Å². The second-order valence-corrected chi connectivity index (χ2v) is 8.93. The van der Waals surface area contributed by atoms with Crippen molar-refractivity contribution in [1.29, 1.82) is 0 Å². The van der Waals surface area contributed by atoms with Crippen LogP contribution in [0.4, 0.5) is 0 Å². The fourth-order valence-electron chi connectivity index (χ4n) is 5.25. The molecule has 3 nitrogen and oxygen atoms in total. The van der Waals surface area contributed by atoms with Crippen molar-refractivity contribution in [2.24, 2.45) is 4.99 Å². The van der Waals surface area contributed by atoms with E-state index in [1.165, 1.54) is 5.56 Å². The molecule has 1 atom stereocenters. The molecule has 0 aromatic heterocycles. The molecule has 1 fully saturated rings. The van der Waals surface area contributed by atoms with E-state index in [0.29, 0.717) is 0 Å². The Kier molecular flexibility index (Phi) is 6.55. The van der Waals surface area contributed by atoms with Crippen LogP contribution in [-0.4, -0.2) is 28.8 Å². The fourth-order valence-corrected chi connectivity index (χ4v) is 5.25. The van der Waals surface area contributed by atoms with Gasteiger partial charge in [-0.3, -0.25) is 9.89 Å². The minimum Gasteiger partial charge on any atom is -0.507 e. The Labute approximate surface area is 202 Å². The number of hydrogen-bond acceptors (Lipinski definition) is 3. The van der Waals surface area contributed by atoms with E-state index in [1.807, 2.05) is 24.4 Å². The van der Waals surface area contributed by atoms with Crippen LogP contribution in [0.5, 0.6) is 5.75 Å². The predicted octanol–water partition coefficient (Wildman–Crippen LogP) is 6.42. The van der Waals surface area contributed by atoms with Crippen molar-refractivity contribution >= 4 is 6.21 Å². The van der Waals surface area contributed by atoms with E-state index in [2.05, 4.69) is 95.9 Å². The lowest BCUT2D eigenvalue weighted by molar-refractivity contribution is 0.179. The number of nitrogens with zero attached hydrogens (tertiary/aromatic N) is 2. The van der Waals surface area contributed by atoms with Crippen molar-refractivity contribution in [3.05, 3.63) is 138 Å². The number of likely N-dealkylation sites (tertiary alicyclic amines) is 1. The summed E-state index contributed by atoms with van der Waals surface area (Å²) in [5, 5.41) is 10.5. The monoisotopic (exact) mass is 446 g/mol. The van der Waals surface area contributed by atoms with E-state index >= 15 is 0 Å². The first-order chi connectivity index (χ1) is 16.8. The lowest BCUT2D eigenvalue weighted by atomic mass is 9.76. The van der Waals surface area contributed by atoms with Gasteiger partial charge in [-0.25, -0.2) is 0 Å².